The number of rotatable bonds is 2. The third-order valence-corrected chi connectivity index (χ3v) is 2.87. The zero-order valence-electron chi connectivity index (χ0n) is 8.87. The van der Waals surface area contributed by atoms with Gasteiger partial charge < -0.3 is 15.5 Å². The third-order valence-electron chi connectivity index (χ3n) is 2.87. The summed E-state index contributed by atoms with van der Waals surface area (Å²) >= 11 is 0. The lowest BCUT2D eigenvalue weighted by atomic mass is 10.0. The molecule has 1 rings (SSSR count). The Bertz CT molecular complexity index is 215. The van der Waals surface area contributed by atoms with E-state index < -0.39 is 0 Å². The van der Waals surface area contributed by atoms with Gasteiger partial charge in [-0.25, -0.2) is 4.79 Å². The molecule has 13 heavy (non-hydrogen) atoms. The van der Waals surface area contributed by atoms with Crippen molar-refractivity contribution in [1.82, 2.24) is 9.80 Å². The van der Waals surface area contributed by atoms with E-state index in [1.807, 2.05) is 32.7 Å². The number of amides is 2. The summed E-state index contributed by atoms with van der Waals surface area (Å²) in [5.41, 5.74) is 5.40. The molecule has 1 aliphatic rings. The lowest BCUT2D eigenvalue weighted by molar-refractivity contribution is 0.154. The second-order valence-electron chi connectivity index (χ2n) is 4.37. The molecule has 0 radical (unpaired) electrons. The fourth-order valence-corrected chi connectivity index (χ4v) is 1.46. The molecule has 0 aromatic rings. The van der Waals surface area contributed by atoms with E-state index in [-0.39, 0.29) is 11.6 Å². The summed E-state index contributed by atoms with van der Waals surface area (Å²) in [6.07, 6.45) is 0. The Morgan fingerprint density at radius 1 is 1.62 bits per heavy atom. The molecular formula is C9H19N3O. The normalized spacial score (nSPS) is 24.4. The molecule has 76 valence electrons. The van der Waals surface area contributed by atoms with Gasteiger partial charge in [-0.2, -0.15) is 0 Å². The standard InChI is InChI=1S/C9H19N3O/c1-7-5-12(8(13)11(7)4)9(2,3)6-10/h7H,5-6,10H2,1-4H3. The van der Waals surface area contributed by atoms with Crippen molar-refractivity contribution in [2.45, 2.75) is 32.4 Å². The van der Waals surface area contributed by atoms with Crippen LogP contribution in [-0.4, -0.2) is 47.5 Å². The van der Waals surface area contributed by atoms with E-state index in [4.69, 9.17) is 5.73 Å². The highest BCUT2D eigenvalue weighted by Gasteiger charge is 2.39. The summed E-state index contributed by atoms with van der Waals surface area (Å²) < 4.78 is 0. The minimum atomic E-state index is -0.226. The van der Waals surface area contributed by atoms with Gasteiger partial charge in [-0.3, -0.25) is 0 Å². The molecule has 1 fully saturated rings. The molecule has 0 aromatic carbocycles. The highest BCUT2D eigenvalue weighted by molar-refractivity contribution is 5.77. The molecule has 1 unspecified atom stereocenters. The van der Waals surface area contributed by atoms with Crippen LogP contribution >= 0.6 is 0 Å². The minimum Gasteiger partial charge on any atom is -0.328 e. The Kier molecular flexibility index (Phi) is 2.52. The lowest BCUT2D eigenvalue weighted by Gasteiger charge is -2.33. The largest absolute Gasteiger partial charge is 0.328 e. The van der Waals surface area contributed by atoms with Gasteiger partial charge in [0.05, 0.1) is 5.54 Å². The molecule has 1 heterocycles. The van der Waals surface area contributed by atoms with Crippen LogP contribution in [0.5, 0.6) is 0 Å². The van der Waals surface area contributed by atoms with Gasteiger partial charge in [-0.1, -0.05) is 0 Å². The van der Waals surface area contributed by atoms with Crippen molar-refractivity contribution in [3.63, 3.8) is 0 Å². The topological polar surface area (TPSA) is 49.6 Å². The Balaban J connectivity index is 2.80. The maximum Gasteiger partial charge on any atom is 0.320 e. The van der Waals surface area contributed by atoms with Crippen molar-refractivity contribution >= 4 is 6.03 Å². The molecule has 0 bridgehead atoms. The number of carbonyl (C=O) groups is 1. The fraction of sp³-hybridized carbons (Fsp3) is 0.889. The monoisotopic (exact) mass is 185 g/mol. The molecule has 4 nitrogen and oxygen atoms in total. The van der Waals surface area contributed by atoms with Gasteiger partial charge in [-0.15, -0.1) is 0 Å². The summed E-state index contributed by atoms with van der Waals surface area (Å²) in [7, 11) is 1.83. The summed E-state index contributed by atoms with van der Waals surface area (Å²) in [5, 5.41) is 0. The van der Waals surface area contributed by atoms with Crippen LogP contribution in [0.3, 0.4) is 0 Å². The molecule has 0 aromatic heterocycles. The van der Waals surface area contributed by atoms with Crippen molar-refractivity contribution in [2.24, 2.45) is 5.73 Å². The van der Waals surface area contributed by atoms with Crippen LogP contribution in [0.1, 0.15) is 20.8 Å². The highest BCUT2D eigenvalue weighted by atomic mass is 16.2. The van der Waals surface area contributed by atoms with Crippen LogP contribution in [0, 0.1) is 0 Å². The fourth-order valence-electron chi connectivity index (χ4n) is 1.46. The van der Waals surface area contributed by atoms with Crippen molar-refractivity contribution < 1.29 is 4.79 Å². The molecule has 1 aliphatic heterocycles. The van der Waals surface area contributed by atoms with Crippen molar-refractivity contribution in [3.05, 3.63) is 0 Å². The Morgan fingerprint density at radius 2 is 2.15 bits per heavy atom. The first kappa shape index (κ1) is 10.3. The van der Waals surface area contributed by atoms with E-state index in [1.165, 1.54) is 0 Å². The Morgan fingerprint density at radius 3 is 2.46 bits per heavy atom. The number of urea groups is 1. The highest BCUT2D eigenvalue weighted by Crippen LogP contribution is 2.22. The zero-order valence-corrected chi connectivity index (χ0v) is 8.87. The summed E-state index contributed by atoms with van der Waals surface area (Å²) in [6, 6.07) is 0.376. The van der Waals surface area contributed by atoms with Gasteiger partial charge in [0.2, 0.25) is 0 Å². The van der Waals surface area contributed by atoms with E-state index in [0.717, 1.165) is 6.54 Å². The summed E-state index contributed by atoms with van der Waals surface area (Å²) in [5.74, 6) is 0. The third kappa shape index (κ3) is 1.63. The number of hydrogen-bond donors (Lipinski definition) is 1. The van der Waals surface area contributed by atoms with Crippen molar-refractivity contribution in [2.75, 3.05) is 20.1 Å². The zero-order chi connectivity index (χ0) is 10.2. The van der Waals surface area contributed by atoms with E-state index in [2.05, 4.69) is 0 Å². The van der Waals surface area contributed by atoms with Gasteiger partial charge in [0.25, 0.3) is 0 Å². The van der Waals surface area contributed by atoms with Crippen molar-refractivity contribution in [3.8, 4) is 0 Å². The Labute approximate surface area is 79.7 Å². The SMILES string of the molecule is CC1CN(C(C)(C)CN)C(=O)N1C. The van der Waals surface area contributed by atoms with Gasteiger partial charge in [0.15, 0.2) is 0 Å². The first-order chi connectivity index (χ1) is 5.90. The van der Waals surface area contributed by atoms with E-state index in [1.54, 1.807) is 4.90 Å². The second kappa shape index (κ2) is 3.18. The Hall–Kier alpha value is -0.770. The van der Waals surface area contributed by atoms with E-state index >= 15 is 0 Å². The van der Waals surface area contributed by atoms with Crippen LogP contribution in [-0.2, 0) is 0 Å². The lowest BCUT2D eigenvalue weighted by Crippen LogP contribution is -2.50. The number of hydrogen-bond acceptors (Lipinski definition) is 2. The van der Waals surface area contributed by atoms with Crippen LogP contribution in [0.4, 0.5) is 4.79 Å². The number of nitrogens with two attached hydrogens (primary N) is 1. The second-order valence-corrected chi connectivity index (χ2v) is 4.37. The van der Waals surface area contributed by atoms with Crippen LogP contribution < -0.4 is 5.73 Å². The summed E-state index contributed by atoms with van der Waals surface area (Å²) in [6.45, 7) is 7.32. The van der Waals surface area contributed by atoms with Crippen LogP contribution in [0.25, 0.3) is 0 Å². The predicted octanol–water partition coefficient (Wildman–Crippen LogP) is 0.480. The molecule has 0 spiro atoms. The average molecular weight is 185 g/mol. The smallest absolute Gasteiger partial charge is 0.320 e. The van der Waals surface area contributed by atoms with E-state index in [0.29, 0.717) is 12.6 Å². The van der Waals surface area contributed by atoms with Gasteiger partial charge in [0, 0.05) is 26.2 Å². The van der Waals surface area contributed by atoms with Gasteiger partial charge >= 0.3 is 6.03 Å². The molecule has 1 saturated heterocycles. The van der Waals surface area contributed by atoms with Crippen molar-refractivity contribution in [1.29, 1.82) is 0 Å². The van der Waals surface area contributed by atoms with E-state index in [9.17, 15) is 4.79 Å². The maximum atomic E-state index is 11.7. The molecule has 4 heteroatoms. The first-order valence-electron chi connectivity index (χ1n) is 4.64. The van der Waals surface area contributed by atoms with Crippen LogP contribution in [0.15, 0.2) is 0 Å². The first-order valence-corrected chi connectivity index (χ1v) is 4.64. The molecule has 2 amide bonds. The van der Waals surface area contributed by atoms with Crippen LogP contribution in [0.2, 0.25) is 0 Å². The molecule has 1 atom stereocenters. The predicted molar refractivity (Wildman–Crippen MR) is 52.5 cm³/mol. The minimum absolute atomic E-state index is 0.0861. The quantitative estimate of drug-likeness (QED) is 0.680. The molecular weight excluding hydrogens is 166 g/mol. The molecule has 0 saturated carbocycles. The number of carbonyl (C=O) groups excluding carboxylic acids is 1. The number of nitrogens with zero attached hydrogens (tertiary/aromatic N) is 2. The average Bonchev–Trinajstić information content (AvgIpc) is 2.33. The number of likely N-dealkylation sites (N-methyl/N-ethyl adjacent to an activating group) is 1. The molecule has 2 N–H and O–H groups in total. The van der Waals surface area contributed by atoms with Gasteiger partial charge in [0.1, 0.15) is 0 Å². The summed E-state index contributed by atoms with van der Waals surface area (Å²) in [4.78, 5) is 15.3. The molecule has 0 aliphatic carbocycles. The van der Waals surface area contributed by atoms with Gasteiger partial charge in [-0.05, 0) is 20.8 Å². The maximum absolute atomic E-state index is 11.7.